The van der Waals surface area contributed by atoms with Crippen LogP contribution in [0.5, 0.6) is 0 Å². The van der Waals surface area contributed by atoms with Crippen LogP contribution in [-0.4, -0.2) is 0 Å². The van der Waals surface area contributed by atoms with E-state index in [1.807, 2.05) is 0 Å². The molecule has 0 spiro atoms. The van der Waals surface area contributed by atoms with E-state index in [-0.39, 0.29) is 10.8 Å². The second-order valence-corrected chi connectivity index (χ2v) is 11.4. The fourth-order valence-corrected chi connectivity index (χ4v) is 6.00. The van der Waals surface area contributed by atoms with Crippen molar-refractivity contribution in [2.75, 3.05) is 0 Å². The van der Waals surface area contributed by atoms with E-state index in [9.17, 15) is 0 Å². The van der Waals surface area contributed by atoms with Gasteiger partial charge in [-0.2, -0.15) is 0 Å². The first-order valence-corrected chi connectivity index (χ1v) is 12.7. The van der Waals surface area contributed by atoms with Gasteiger partial charge in [0.05, 0.1) is 0 Å². The molecular formula is C31H29Zr. The van der Waals surface area contributed by atoms with Crippen molar-refractivity contribution in [3.63, 3.8) is 0 Å². The Labute approximate surface area is 207 Å². The van der Waals surface area contributed by atoms with Crippen LogP contribution in [0.15, 0.2) is 91.0 Å². The molecule has 0 heterocycles. The van der Waals surface area contributed by atoms with E-state index in [2.05, 4.69) is 119 Å². The molecule has 157 valence electrons. The van der Waals surface area contributed by atoms with Gasteiger partial charge in [0, 0.05) is 0 Å². The molecular weight excluding hydrogens is 464 g/mol. The van der Waals surface area contributed by atoms with Gasteiger partial charge in [0.25, 0.3) is 0 Å². The fourth-order valence-electron chi connectivity index (χ4n) is 5.07. The zero-order valence-corrected chi connectivity index (χ0v) is 21.8. The molecule has 5 rings (SSSR count). The fraction of sp³-hybridized carbons (Fsp3) is 0.226. The molecule has 0 fully saturated rings. The first-order valence-electron chi connectivity index (χ1n) is 11.4. The van der Waals surface area contributed by atoms with E-state index >= 15 is 0 Å². The molecule has 32 heavy (non-hydrogen) atoms. The van der Waals surface area contributed by atoms with Crippen molar-refractivity contribution >= 4 is 3.27 Å². The van der Waals surface area contributed by atoms with Gasteiger partial charge in [-0.05, 0) is 0 Å². The topological polar surface area (TPSA) is 0 Å². The summed E-state index contributed by atoms with van der Waals surface area (Å²) in [5.74, 6) is 0. The SMILES string of the molecule is CC(C)(c1ccccc1)c1ccc2c(c1)-c1cc(C(C)(C)c3ccccc3)c[c]([Zr])c1C2. The molecule has 4 aromatic rings. The van der Waals surface area contributed by atoms with Crippen LogP contribution in [0, 0.1) is 0 Å². The number of rotatable bonds is 4. The number of benzene rings is 4. The Balaban J connectivity index is 1.63. The van der Waals surface area contributed by atoms with E-state index < -0.39 is 0 Å². The second kappa shape index (κ2) is 7.96. The van der Waals surface area contributed by atoms with Crippen LogP contribution in [0.1, 0.15) is 61.1 Å². The Morgan fingerprint density at radius 2 is 1.09 bits per heavy atom. The van der Waals surface area contributed by atoms with Gasteiger partial charge >= 0.3 is 208 Å². The second-order valence-electron chi connectivity index (χ2n) is 10.1. The van der Waals surface area contributed by atoms with Crippen molar-refractivity contribution in [2.45, 2.75) is 44.9 Å². The molecule has 0 saturated heterocycles. The normalized spacial score (nSPS) is 13.0. The van der Waals surface area contributed by atoms with Crippen LogP contribution in [0.2, 0.25) is 0 Å². The summed E-state index contributed by atoms with van der Waals surface area (Å²) in [6, 6.07) is 33.9. The van der Waals surface area contributed by atoms with Crippen LogP contribution in [0.4, 0.5) is 0 Å². The number of hydrogen-bond donors (Lipinski definition) is 0. The third kappa shape index (κ3) is 3.56. The summed E-state index contributed by atoms with van der Waals surface area (Å²) in [5.41, 5.74) is 11.3. The van der Waals surface area contributed by atoms with Crippen LogP contribution < -0.4 is 3.27 Å². The maximum atomic E-state index is 2.47. The molecule has 1 aliphatic carbocycles. The maximum absolute atomic E-state index is 2.47. The van der Waals surface area contributed by atoms with Crippen molar-refractivity contribution in [1.29, 1.82) is 0 Å². The minimum absolute atomic E-state index is 0.0226. The molecule has 0 radical (unpaired) electrons. The van der Waals surface area contributed by atoms with Crippen LogP contribution in [-0.2, 0) is 42.0 Å². The van der Waals surface area contributed by atoms with E-state index in [1.54, 1.807) is 0 Å². The summed E-state index contributed by atoms with van der Waals surface area (Å²) >= 11 is 1.50. The summed E-state index contributed by atoms with van der Waals surface area (Å²) in [4.78, 5) is 0. The summed E-state index contributed by atoms with van der Waals surface area (Å²) < 4.78 is 1.49. The third-order valence-electron chi connectivity index (χ3n) is 7.45. The number of hydrogen-bond acceptors (Lipinski definition) is 0. The molecule has 0 amide bonds. The van der Waals surface area contributed by atoms with Gasteiger partial charge in [-0.3, -0.25) is 0 Å². The van der Waals surface area contributed by atoms with Gasteiger partial charge in [-0.25, -0.2) is 0 Å². The summed E-state index contributed by atoms with van der Waals surface area (Å²) in [6.07, 6.45) is 1.06. The van der Waals surface area contributed by atoms with Crippen LogP contribution in [0.3, 0.4) is 0 Å². The molecule has 0 aliphatic heterocycles. The average Bonchev–Trinajstić information content (AvgIpc) is 3.19. The van der Waals surface area contributed by atoms with Gasteiger partial charge in [0.1, 0.15) is 0 Å². The van der Waals surface area contributed by atoms with E-state index in [1.165, 1.54) is 72.5 Å². The van der Waals surface area contributed by atoms with Crippen molar-refractivity contribution in [1.82, 2.24) is 0 Å². The van der Waals surface area contributed by atoms with Crippen molar-refractivity contribution in [2.24, 2.45) is 0 Å². The molecule has 0 N–H and O–H groups in total. The van der Waals surface area contributed by atoms with Gasteiger partial charge < -0.3 is 0 Å². The van der Waals surface area contributed by atoms with Crippen molar-refractivity contribution < 1.29 is 24.7 Å². The molecule has 0 nitrogen and oxygen atoms in total. The molecule has 0 aromatic heterocycles. The Bertz CT molecular complexity index is 1280. The molecule has 0 bridgehead atoms. The van der Waals surface area contributed by atoms with Crippen LogP contribution in [0.25, 0.3) is 11.1 Å². The molecule has 1 aliphatic rings. The van der Waals surface area contributed by atoms with E-state index in [0.717, 1.165) is 6.42 Å². The van der Waals surface area contributed by atoms with Gasteiger partial charge in [0.2, 0.25) is 0 Å². The Morgan fingerprint density at radius 3 is 1.69 bits per heavy atom. The monoisotopic (exact) mass is 491 g/mol. The quantitative estimate of drug-likeness (QED) is 0.251. The molecule has 1 heteroatoms. The third-order valence-corrected chi connectivity index (χ3v) is 8.55. The predicted molar refractivity (Wildman–Crippen MR) is 131 cm³/mol. The Hall–Kier alpha value is -2.24. The predicted octanol–water partition coefficient (Wildman–Crippen LogP) is 7.08. The molecule has 0 unspecified atom stereocenters. The minimum atomic E-state index is -0.0271. The van der Waals surface area contributed by atoms with Crippen LogP contribution >= 0.6 is 0 Å². The zero-order valence-electron chi connectivity index (χ0n) is 19.4. The first kappa shape index (κ1) is 21.6. The standard InChI is InChI=1S/C31H29.Zr/c1-30(2,24-11-7-5-8-12-24)26-17-15-22-19-23-16-18-27(21-29(23)28(22)20-26)31(3,4)25-13-9-6-10-14-25;/h5-15,17-18,20-21H,19H2,1-4H3;. The molecule has 0 saturated carbocycles. The van der Waals surface area contributed by atoms with Gasteiger partial charge in [-0.15, -0.1) is 0 Å². The Kier molecular flexibility index (Phi) is 5.38. The summed E-state index contributed by atoms with van der Waals surface area (Å²) in [5, 5.41) is 0. The van der Waals surface area contributed by atoms with E-state index in [4.69, 9.17) is 0 Å². The molecule has 4 aromatic carbocycles. The average molecular weight is 493 g/mol. The van der Waals surface area contributed by atoms with Crippen molar-refractivity contribution in [3.05, 3.63) is 124 Å². The zero-order chi connectivity index (χ0) is 22.5. The Morgan fingerprint density at radius 1 is 0.562 bits per heavy atom. The first-order chi connectivity index (χ1) is 15.3. The van der Waals surface area contributed by atoms with Gasteiger partial charge in [0.15, 0.2) is 0 Å². The van der Waals surface area contributed by atoms with Gasteiger partial charge in [-0.1, -0.05) is 0 Å². The van der Waals surface area contributed by atoms with E-state index in [0.29, 0.717) is 0 Å². The number of fused-ring (bicyclic) bond motifs is 3. The summed E-state index contributed by atoms with van der Waals surface area (Å²) in [7, 11) is 0. The van der Waals surface area contributed by atoms with Crippen molar-refractivity contribution in [3.8, 4) is 11.1 Å². The summed E-state index contributed by atoms with van der Waals surface area (Å²) in [6.45, 7) is 9.38. The molecule has 0 atom stereocenters.